The first-order chi connectivity index (χ1) is 8.25. The Balaban J connectivity index is 1.92. The van der Waals surface area contributed by atoms with E-state index in [9.17, 15) is 4.79 Å². The number of nitrogens with zero attached hydrogens (tertiary/aromatic N) is 3. The number of thioether (sulfide) groups is 1. The van der Waals surface area contributed by atoms with Gasteiger partial charge >= 0.3 is 0 Å². The minimum atomic E-state index is -0.345. The van der Waals surface area contributed by atoms with Crippen molar-refractivity contribution in [3.8, 4) is 0 Å². The number of carbonyl (C=O) groups is 1. The van der Waals surface area contributed by atoms with Crippen LogP contribution in [0, 0.1) is 0 Å². The molecule has 1 amide bonds. The average molecular weight is 268 g/mol. The second kappa shape index (κ2) is 5.83. The highest BCUT2D eigenvalue weighted by atomic mass is 32.2. The molecule has 0 radical (unpaired) electrons. The van der Waals surface area contributed by atoms with Crippen molar-refractivity contribution in [3.63, 3.8) is 0 Å². The molecule has 0 aliphatic carbocycles. The van der Waals surface area contributed by atoms with Crippen LogP contribution in [0.4, 0.5) is 0 Å². The van der Waals surface area contributed by atoms with E-state index in [-0.39, 0.29) is 11.7 Å². The van der Waals surface area contributed by atoms with E-state index in [1.807, 2.05) is 10.6 Å². The first kappa shape index (κ1) is 12.1. The Labute approximate surface area is 107 Å². The molecular weight excluding hydrogens is 256 g/mol. The molecule has 17 heavy (non-hydrogen) atoms. The maximum absolute atomic E-state index is 10.7. The Morgan fingerprint density at radius 1 is 1.59 bits per heavy atom. The lowest BCUT2D eigenvalue weighted by atomic mass is 10.3. The second-order valence-electron chi connectivity index (χ2n) is 3.39. The van der Waals surface area contributed by atoms with Crippen molar-refractivity contribution >= 4 is 29.0 Å². The lowest BCUT2D eigenvalue weighted by Gasteiger charge is -2.03. The number of amides is 1. The normalized spacial score (nSPS) is 10.6. The molecule has 0 unspecified atom stereocenters. The van der Waals surface area contributed by atoms with Gasteiger partial charge in [-0.15, -0.1) is 21.5 Å². The molecule has 2 heterocycles. The van der Waals surface area contributed by atoms with E-state index in [0.717, 1.165) is 18.1 Å². The van der Waals surface area contributed by atoms with Crippen molar-refractivity contribution in [2.45, 2.75) is 18.1 Å². The molecule has 0 fully saturated rings. The average Bonchev–Trinajstić information content (AvgIpc) is 2.95. The molecule has 0 aromatic carbocycles. The summed E-state index contributed by atoms with van der Waals surface area (Å²) in [6, 6.07) is 4.14. The molecule has 0 atom stereocenters. The molecule has 7 heteroatoms. The minimum absolute atomic E-state index is 0.234. The van der Waals surface area contributed by atoms with Gasteiger partial charge in [0.1, 0.15) is 6.33 Å². The predicted octanol–water partition coefficient (Wildman–Crippen LogP) is 1.16. The van der Waals surface area contributed by atoms with Crippen molar-refractivity contribution in [3.05, 3.63) is 28.7 Å². The molecule has 0 bridgehead atoms. The highest BCUT2D eigenvalue weighted by Gasteiger charge is 2.06. The van der Waals surface area contributed by atoms with Crippen LogP contribution in [0.25, 0.3) is 0 Å². The van der Waals surface area contributed by atoms with Crippen LogP contribution in [0.5, 0.6) is 0 Å². The topological polar surface area (TPSA) is 73.8 Å². The molecule has 5 nitrogen and oxygen atoms in total. The van der Waals surface area contributed by atoms with Gasteiger partial charge in [0.15, 0.2) is 5.16 Å². The third kappa shape index (κ3) is 3.57. The molecule has 0 saturated heterocycles. The fraction of sp³-hybridized carbons (Fsp3) is 0.300. The summed E-state index contributed by atoms with van der Waals surface area (Å²) in [7, 11) is 0. The van der Waals surface area contributed by atoms with Crippen molar-refractivity contribution < 1.29 is 4.79 Å². The van der Waals surface area contributed by atoms with Crippen LogP contribution in [0.1, 0.15) is 4.88 Å². The largest absolute Gasteiger partial charge is 0.369 e. The van der Waals surface area contributed by atoms with Gasteiger partial charge in [-0.25, -0.2) is 0 Å². The van der Waals surface area contributed by atoms with Gasteiger partial charge in [-0.2, -0.15) is 0 Å². The van der Waals surface area contributed by atoms with Gasteiger partial charge in [0.05, 0.1) is 5.75 Å². The Hall–Kier alpha value is -1.34. The van der Waals surface area contributed by atoms with Gasteiger partial charge in [0.2, 0.25) is 5.91 Å². The van der Waals surface area contributed by atoms with E-state index in [2.05, 4.69) is 21.6 Å². The van der Waals surface area contributed by atoms with E-state index < -0.39 is 0 Å². The number of aryl methyl sites for hydroxylation is 2. The van der Waals surface area contributed by atoms with Crippen LogP contribution in [0.3, 0.4) is 0 Å². The number of primary amides is 1. The summed E-state index contributed by atoms with van der Waals surface area (Å²) in [5.74, 6) is -0.111. The summed E-state index contributed by atoms with van der Waals surface area (Å²) in [6.07, 6.45) is 2.62. The van der Waals surface area contributed by atoms with Gasteiger partial charge in [-0.1, -0.05) is 17.8 Å². The number of thiophene rings is 1. The molecule has 0 aliphatic heterocycles. The molecule has 90 valence electrons. The van der Waals surface area contributed by atoms with Crippen molar-refractivity contribution in [1.29, 1.82) is 0 Å². The summed E-state index contributed by atoms with van der Waals surface area (Å²) < 4.78 is 1.94. The number of aromatic nitrogens is 3. The molecule has 0 saturated carbocycles. The number of carbonyl (C=O) groups excluding carboxylic acids is 1. The van der Waals surface area contributed by atoms with Crippen LogP contribution >= 0.6 is 23.1 Å². The second-order valence-corrected chi connectivity index (χ2v) is 5.37. The van der Waals surface area contributed by atoms with Gasteiger partial charge in [-0.3, -0.25) is 4.79 Å². The summed E-state index contributed by atoms with van der Waals surface area (Å²) >= 11 is 3.05. The van der Waals surface area contributed by atoms with Crippen LogP contribution in [0.15, 0.2) is 29.0 Å². The molecule has 2 aromatic heterocycles. The van der Waals surface area contributed by atoms with E-state index in [1.54, 1.807) is 17.7 Å². The SMILES string of the molecule is NC(=O)CSc1nncn1CCc1cccs1. The number of nitrogens with two attached hydrogens (primary N) is 1. The zero-order valence-electron chi connectivity index (χ0n) is 9.07. The van der Waals surface area contributed by atoms with E-state index >= 15 is 0 Å². The monoisotopic (exact) mass is 268 g/mol. The maximum Gasteiger partial charge on any atom is 0.227 e. The van der Waals surface area contributed by atoms with Crippen molar-refractivity contribution in [1.82, 2.24) is 14.8 Å². The quantitative estimate of drug-likeness (QED) is 0.798. The fourth-order valence-electron chi connectivity index (χ4n) is 1.33. The Morgan fingerprint density at radius 2 is 2.47 bits per heavy atom. The fourth-order valence-corrected chi connectivity index (χ4v) is 2.71. The standard InChI is InChI=1S/C10H12N4OS2/c11-9(15)6-17-10-13-12-7-14(10)4-3-8-2-1-5-16-8/h1-2,5,7H,3-4,6H2,(H2,11,15). The first-order valence-corrected chi connectivity index (χ1v) is 6.93. The molecule has 2 aromatic rings. The summed E-state index contributed by atoms with van der Waals surface area (Å²) in [5, 5.41) is 10.6. The summed E-state index contributed by atoms with van der Waals surface area (Å²) in [6.45, 7) is 0.814. The molecular formula is C10H12N4OS2. The minimum Gasteiger partial charge on any atom is -0.369 e. The Kier molecular flexibility index (Phi) is 4.16. The molecule has 0 spiro atoms. The van der Waals surface area contributed by atoms with E-state index in [4.69, 9.17) is 5.73 Å². The first-order valence-electron chi connectivity index (χ1n) is 5.07. The van der Waals surface area contributed by atoms with Crippen molar-refractivity contribution in [2.24, 2.45) is 5.73 Å². The lowest BCUT2D eigenvalue weighted by Crippen LogP contribution is -2.14. The third-order valence-electron chi connectivity index (χ3n) is 2.10. The number of rotatable bonds is 6. The summed E-state index contributed by atoms with van der Waals surface area (Å²) in [5.41, 5.74) is 5.09. The van der Waals surface area contributed by atoms with E-state index in [1.165, 1.54) is 16.6 Å². The Morgan fingerprint density at radius 3 is 3.18 bits per heavy atom. The van der Waals surface area contributed by atoms with E-state index in [0.29, 0.717) is 0 Å². The van der Waals surface area contributed by atoms with Crippen molar-refractivity contribution in [2.75, 3.05) is 5.75 Å². The zero-order chi connectivity index (χ0) is 12.1. The third-order valence-corrected chi connectivity index (χ3v) is 4.04. The zero-order valence-corrected chi connectivity index (χ0v) is 10.7. The number of hydrogen-bond acceptors (Lipinski definition) is 5. The number of hydrogen-bond donors (Lipinski definition) is 1. The smallest absolute Gasteiger partial charge is 0.227 e. The van der Waals surface area contributed by atoms with Crippen LogP contribution in [0.2, 0.25) is 0 Å². The van der Waals surface area contributed by atoms with Crippen LogP contribution < -0.4 is 5.73 Å². The van der Waals surface area contributed by atoms with Crippen LogP contribution in [-0.4, -0.2) is 26.4 Å². The predicted molar refractivity (Wildman–Crippen MR) is 68.0 cm³/mol. The highest BCUT2D eigenvalue weighted by molar-refractivity contribution is 7.99. The highest BCUT2D eigenvalue weighted by Crippen LogP contribution is 2.16. The molecule has 2 N–H and O–H groups in total. The summed E-state index contributed by atoms with van der Waals surface area (Å²) in [4.78, 5) is 12.0. The Bertz CT molecular complexity index is 480. The maximum atomic E-state index is 10.7. The lowest BCUT2D eigenvalue weighted by molar-refractivity contribution is -0.115. The van der Waals surface area contributed by atoms with Gasteiger partial charge in [-0.05, 0) is 17.9 Å². The van der Waals surface area contributed by atoms with Gasteiger partial charge in [0.25, 0.3) is 0 Å². The molecule has 0 aliphatic rings. The van der Waals surface area contributed by atoms with Gasteiger partial charge in [0, 0.05) is 11.4 Å². The molecule has 2 rings (SSSR count). The van der Waals surface area contributed by atoms with Crippen LogP contribution in [-0.2, 0) is 17.8 Å². The van der Waals surface area contributed by atoms with Gasteiger partial charge < -0.3 is 10.3 Å².